The van der Waals surface area contributed by atoms with E-state index in [0.29, 0.717) is 19.9 Å². The first kappa shape index (κ1) is 19.9. The molecular formula is C19H21F5N2O. The zero-order chi connectivity index (χ0) is 19.8. The second-order valence-electron chi connectivity index (χ2n) is 7.04. The van der Waals surface area contributed by atoms with Crippen LogP contribution >= 0.6 is 0 Å². The first-order chi connectivity index (χ1) is 12.6. The van der Waals surface area contributed by atoms with Gasteiger partial charge in [0, 0.05) is 23.9 Å². The van der Waals surface area contributed by atoms with Crippen molar-refractivity contribution in [3.05, 3.63) is 41.1 Å². The van der Waals surface area contributed by atoms with Crippen molar-refractivity contribution in [3.63, 3.8) is 0 Å². The van der Waals surface area contributed by atoms with Crippen molar-refractivity contribution in [1.29, 1.82) is 0 Å². The van der Waals surface area contributed by atoms with Crippen molar-refractivity contribution in [1.82, 2.24) is 10.3 Å². The van der Waals surface area contributed by atoms with E-state index < -0.39 is 41.0 Å². The summed E-state index contributed by atoms with van der Waals surface area (Å²) in [5.41, 5.74) is -2.33. The standard InChI is InChI=1S/C19H21F5N2O/c1-18(20,21)13-7-5-6-11-12(10-15(19(22,23)24)26-16(11)13)17(27)14-8-3-2-4-9-25-14/h5-7,10,14,17,25,27H,2-4,8-9H2,1H3. The number of pyridine rings is 1. The molecule has 148 valence electrons. The Kier molecular flexibility index (Phi) is 5.40. The van der Waals surface area contributed by atoms with E-state index in [0.717, 1.165) is 31.4 Å². The van der Waals surface area contributed by atoms with Gasteiger partial charge in [-0.3, -0.25) is 0 Å². The van der Waals surface area contributed by atoms with Gasteiger partial charge in [-0.05, 0) is 31.0 Å². The highest BCUT2D eigenvalue weighted by atomic mass is 19.4. The average molecular weight is 388 g/mol. The molecule has 0 spiro atoms. The maximum Gasteiger partial charge on any atom is 0.433 e. The van der Waals surface area contributed by atoms with E-state index in [1.165, 1.54) is 12.1 Å². The molecule has 3 rings (SSSR count). The van der Waals surface area contributed by atoms with Crippen LogP contribution in [0.4, 0.5) is 22.0 Å². The van der Waals surface area contributed by atoms with E-state index in [2.05, 4.69) is 10.3 Å². The highest BCUT2D eigenvalue weighted by Gasteiger charge is 2.37. The Hall–Kier alpha value is -1.80. The molecule has 0 aliphatic carbocycles. The lowest BCUT2D eigenvalue weighted by Crippen LogP contribution is -2.34. The van der Waals surface area contributed by atoms with Gasteiger partial charge in [0.25, 0.3) is 5.92 Å². The molecule has 1 aliphatic heterocycles. The molecule has 2 aromatic rings. The summed E-state index contributed by atoms with van der Waals surface area (Å²) in [6.07, 6.45) is -2.75. The van der Waals surface area contributed by atoms with Gasteiger partial charge < -0.3 is 10.4 Å². The third kappa shape index (κ3) is 4.21. The molecule has 1 fully saturated rings. The average Bonchev–Trinajstić information content (AvgIpc) is 2.87. The van der Waals surface area contributed by atoms with E-state index in [4.69, 9.17) is 0 Å². The summed E-state index contributed by atoms with van der Waals surface area (Å²) in [7, 11) is 0. The quantitative estimate of drug-likeness (QED) is 0.733. The summed E-state index contributed by atoms with van der Waals surface area (Å²) in [4.78, 5) is 3.48. The fourth-order valence-electron chi connectivity index (χ4n) is 3.56. The minimum atomic E-state index is -4.81. The Morgan fingerprint density at radius 1 is 1.15 bits per heavy atom. The Labute approximate surface area is 153 Å². The number of para-hydroxylation sites is 1. The van der Waals surface area contributed by atoms with Crippen molar-refractivity contribution in [2.75, 3.05) is 6.54 Å². The molecular weight excluding hydrogens is 367 g/mol. The Morgan fingerprint density at radius 2 is 1.89 bits per heavy atom. The third-order valence-electron chi connectivity index (χ3n) is 4.93. The summed E-state index contributed by atoms with van der Waals surface area (Å²) in [5.74, 6) is -3.36. The summed E-state index contributed by atoms with van der Waals surface area (Å²) >= 11 is 0. The number of nitrogens with zero attached hydrogens (tertiary/aromatic N) is 1. The molecule has 27 heavy (non-hydrogen) atoms. The van der Waals surface area contributed by atoms with Crippen LogP contribution < -0.4 is 5.32 Å². The van der Waals surface area contributed by atoms with Crippen molar-refractivity contribution in [2.45, 2.75) is 56.9 Å². The summed E-state index contributed by atoms with van der Waals surface area (Å²) in [6.45, 7) is 1.27. The van der Waals surface area contributed by atoms with Gasteiger partial charge in [0.05, 0.1) is 11.6 Å². The van der Waals surface area contributed by atoms with Crippen LogP contribution in [0.1, 0.15) is 55.5 Å². The molecule has 0 saturated carbocycles. The fourth-order valence-corrected chi connectivity index (χ4v) is 3.56. The smallest absolute Gasteiger partial charge is 0.387 e. The summed E-state index contributed by atoms with van der Waals surface area (Å²) in [5, 5.41) is 14.1. The molecule has 0 amide bonds. The number of fused-ring (bicyclic) bond motifs is 1. The lowest BCUT2D eigenvalue weighted by atomic mass is 9.93. The molecule has 3 nitrogen and oxygen atoms in total. The van der Waals surface area contributed by atoms with E-state index in [1.54, 1.807) is 0 Å². The molecule has 0 bridgehead atoms. The van der Waals surface area contributed by atoms with Crippen LogP contribution in [0.2, 0.25) is 0 Å². The van der Waals surface area contributed by atoms with E-state index in [-0.39, 0.29) is 10.9 Å². The topological polar surface area (TPSA) is 45.1 Å². The molecule has 2 N–H and O–H groups in total. The predicted molar refractivity (Wildman–Crippen MR) is 91.5 cm³/mol. The SMILES string of the molecule is CC(F)(F)c1cccc2c(C(O)C3CCCCCN3)cc(C(F)(F)F)nc12. The van der Waals surface area contributed by atoms with Crippen LogP contribution in [-0.4, -0.2) is 22.7 Å². The van der Waals surface area contributed by atoms with Crippen LogP contribution in [0.15, 0.2) is 24.3 Å². The number of aromatic nitrogens is 1. The largest absolute Gasteiger partial charge is 0.433 e. The van der Waals surface area contributed by atoms with E-state index in [1.807, 2.05) is 0 Å². The van der Waals surface area contributed by atoms with Gasteiger partial charge in [-0.15, -0.1) is 0 Å². The molecule has 1 aliphatic rings. The monoisotopic (exact) mass is 388 g/mol. The minimum Gasteiger partial charge on any atom is -0.387 e. The van der Waals surface area contributed by atoms with E-state index in [9.17, 15) is 27.1 Å². The molecule has 2 atom stereocenters. The van der Waals surface area contributed by atoms with Gasteiger partial charge >= 0.3 is 6.18 Å². The maximum absolute atomic E-state index is 14.0. The summed E-state index contributed by atoms with van der Waals surface area (Å²) < 4.78 is 68.0. The van der Waals surface area contributed by atoms with Crippen molar-refractivity contribution in [3.8, 4) is 0 Å². The molecule has 1 aromatic carbocycles. The third-order valence-corrected chi connectivity index (χ3v) is 4.93. The van der Waals surface area contributed by atoms with Crippen LogP contribution in [0.5, 0.6) is 0 Å². The molecule has 8 heteroatoms. The summed E-state index contributed by atoms with van der Waals surface area (Å²) in [6, 6.07) is 4.17. The normalized spacial score (nSPS) is 20.5. The van der Waals surface area contributed by atoms with Crippen LogP contribution in [0.3, 0.4) is 0 Å². The Morgan fingerprint density at radius 3 is 2.56 bits per heavy atom. The van der Waals surface area contributed by atoms with Crippen LogP contribution in [-0.2, 0) is 12.1 Å². The lowest BCUT2D eigenvalue weighted by Gasteiger charge is -2.25. The Balaban J connectivity index is 2.21. The highest BCUT2D eigenvalue weighted by molar-refractivity contribution is 5.86. The van der Waals surface area contributed by atoms with Gasteiger partial charge in [-0.1, -0.05) is 31.0 Å². The number of halogens is 5. The number of alkyl halides is 5. The van der Waals surface area contributed by atoms with Crippen molar-refractivity contribution >= 4 is 10.9 Å². The number of rotatable bonds is 3. The number of aliphatic hydroxyl groups excluding tert-OH is 1. The fraction of sp³-hybridized carbons (Fsp3) is 0.526. The first-order valence-electron chi connectivity index (χ1n) is 8.89. The minimum absolute atomic E-state index is 0.0298. The van der Waals surface area contributed by atoms with E-state index >= 15 is 0 Å². The zero-order valence-electron chi connectivity index (χ0n) is 14.8. The van der Waals surface area contributed by atoms with Gasteiger partial charge in [-0.2, -0.15) is 13.2 Å². The second kappa shape index (κ2) is 7.31. The number of aliphatic hydroxyl groups is 1. The van der Waals surface area contributed by atoms with Gasteiger partial charge in [0.2, 0.25) is 0 Å². The van der Waals surface area contributed by atoms with Gasteiger partial charge in [0.1, 0.15) is 5.69 Å². The number of benzene rings is 1. The molecule has 1 saturated heterocycles. The van der Waals surface area contributed by atoms with Crippen molar-refractivity contribution < 1.29 is 27.1 Å². The van der Waals surface area contributed by atoms with Gasteiger partial charge in [0.15, 0.2) is 0 Å². The molecule has 2 heterocycles. The number of nitrogens with one attached hydrogen (secondary N) is 1. The molecule has 2 unspecified atom stereocenters. The molecule has 0 radical (unpaired) electrons. The zero-order valence-corrected chi connectivity index (χ0v) is 14.8. The van der Waals surface area contributed by atoms with Crippen molar-refractivity contribution in [2.24, 2.45) is 0 Å². The van der Waals surface area contributed by atoms with Crippen LogP contribution in [0.25, 0.3) is 10.9 Å². The second-order valence-corrected chi connectivity index (χ2v) is 7.04. The maximum atomic E-state index is 14.0. The lowest BCUT2D eigenvalue weighted by molar-refractivity contribution is -0.141. The first-order valence-corrected chi connectivity index (χ1v) is 8.89. The number of hydrogen-bond acceptors (Lipinski definition) is 3. The predicted octanol–water partition coefficient (Wildman–Crippen LogP) is 4.93. The van der Waals surface area contributed by atoms with Gasteiger partial charge in [-0.25, -0.2) is 13.8 Å². The van der Waals surface area contributed by atoms with Crippen LogP contribution in [0, 0.1) is 0 Å². The Bertz CT molecular complexity index is 808. The molecule has 1 aromatic heterocycles. The number of hydrogen-bond donors (Lipinski definition) is 2. The highest BCUT2D eigenvalue weighted by Crippen LogP contribution is 2.39.